The molecule has 0 radical (unpaired) electrons. The van der Waals surface area contributed by atoms with E-state index in [2.05, 4.69) is 5.92 Å². The molecule has 0 aromatic carbocycles. The number of hydrogen-bond acceptors (Lipinski definition) is 3. The molecule has 1 aliphatic rings. The molecule has 8 heteroatoms. The van der Waals surface area contributed by atoms with Crippen molar-refractivity contribution >= 4 is 5.97 Å². The third kappa shape index (κ3) is 3.75. The van der Waals surface area contributed by atoms with Crippen LogP contribution in [0.1, 0.15) is 25.1 Å². The topological polar surface area (TPSA) is 55.0 Å². The van der Waals surface area contributed by atoms with Gasteiger partial charge in [-0.05, 0) is 17.6 Å². The zero-order valence-electron chi connectivity index (χ0n) is 14.1. The molecule has 26 heavy (non-hydrogen) atoms. The van der Waals surface area contributed by atoms with E-state index in [1.54, 1.807) is 13.8 Å². The van der Waals surface area contributed by atoms with Crippen LogP contribution >= 0.6 is 0 Å². The van der Waals surface area contributed by atoms with E-state index < -0.39 is 47.5 Å². The molecule has 0 bridgehead atoms. The van der Waals surface area contributed by atoms with Gasteiger partial charge >= 0.3 is 12.1 Å². The lowest BCUT2D eigenvalue weighted by atomic mass is 10.1. The number of ether oxygens (including phenoxy) is 1. The van der Waals surface area contributed by atoms with Crippen LogP contribution in [-0.2, 0) is 28.9 Å². The summed E-state index contributed by atoms with van der Waals surface area (Å²) in [6.07, 6.45) is 2.63. The Morgan fingerprint density at radius 1 is 1.50 bits per heavy atom. The van der Waals surface area contributed by atoms with Gasteiger partial charge in [0.15, 0.2) is 5.83 Å². The Morgan fingerprint density at radius 3 is 2.69 bits per heavy atom. The van der Waals surface area contributed by atoms with Crippen molar-refractivity contribution in [2.24, 2.45) is 17.3 Å². The number of nitrogens with zero attached hydrogens (tertiary/aromatic N) is 2. The smallest absolute Gasteiger partial charge is 0.431 e. The Balaban J connectivity index is 2.12. The van der Waals surface area contributed by atoms with Gasteiger partial charge in [0.05, 0.1) is 12.5 Å². The number of rotatable bonds is 5. The minimum atomic E-state index is -4.65. The maximum Gasteiger partial charge on any atom is 0.431 e. The second-order valence-corrected chi connectivity index (χ2v) is 6.58. The number of esters is 1. The predicted octanol–water partition coefficient (Wildman–Crippen LogP) is 3.83. The third-order valence-electron chi connectivity index (χ3n) is 4.54. The second kappa shape index (κ2) is 6.87. The van der Waals surface area contributed by atoms with Gasteiger partial charge in [-0.15, -0.1) is 6.42 Å². The highest BCUT2D eigenvalue weighted by Crippen LogP contribution is 2.60. The van der Waals surface area contributed by atoms with E-state index in [0.717, 1.165) is 10.6 Å². The molecule has 0 amide bonds. The van der Waals surface area contributed by atoms with Crippen molar-refractivity contribution in [3.05, 3.63) is 35.4 Å². The summed E-state index contributed by atoms with van der Waals surface area (Å²) in [6.45, 7) is 2.54. The van der Waals surface area contributed by atoms with Crippen LogP contribution in [0.15, 0.2) is 24.2 Å². The number of carbonyl (C=O) groups is 1. The van der Waals surface area contributed by atoms with Crippen LogP contribution in [0.2, 0.25) is 0 Å². The summed E-state index contributed by atoms with van der Waals surface area (Å²) in [4.78, 5) is 12.2. The number of aromatic nitrogens is 1. The lowest BCUT2D eigenvalue weighted by Crippen LogP contribution is -2.17. The first-order chi connectivity index (χ1) is 12.0. The molecule has 0 unspecified atom stereocenters. The lowest BCUT2D eigenvalue weighted by Gasteiger charge is -2.13. The lowest BCUT2D eigenvalue weighted by molar-refractivity contribution is -0.151. The zero-order chi connectivity index (χ0) is 19.7. The molecule has 1 aromatic rings. The summed E-state index contributed by atoms with van der Waals surface area (Å²) in [6, 6.07) is 2.52. The Kier molecular flexibility index (Phi) is 5.18. The highest BCUT2D eigenvalue weighted by molar-refractivity contribution is 5.78. The van der Waals surface area contributed by atoms with Crippen LogP contribution in [-0.4, -0.2) is 10.5 Å². The molecule has 0 aliphatic heterocycles. The van der Waals surface area contributed by atoms with E-state index in [4.69, 9.17) is 16.4 Å². The zero-order valence-corrected chi connectivity index (χ0v) is 14.1. The van der Waals surface area contributed by atoms with Crippen molar-refractivity contribution in [2.75, 3.05) is 0 Å². The predicted molar refractivity (Wildman–Crippen MR) is 83.6 cm³/mol. The van der Waals surface area contributed by atoms with Gasteiger partial charge in [0.1, 0.15) is 18.4 Å². The van der Waals surface area contributed by atoms with Crippen molar-refractivity contribution < 1.29 is 27.1 Å². The molecule has 0 saturated heterocycles. The quantitative estimate of drug-likeness (QED) is 0.344. The van der Waals surface area contributed by atoms with Crippen molar-refractivity contribution in [1.82, 2.24) is 4.57 Å². The fourth-order valence-corrected chi connectivity index (χ4v) is 3.08. The summed E-state index contributed by atoms with van der Waals surface area (Å²) >= 11 is 0. The van der Waals surface area contributed by atoms with Crippen LogP contribution < -0.4 is 0 Å². The summed E-state index contributed by atoms with van der Waals surface area (Å²) in [7, 11) is 0. The van der Waals surface area contributed by atoms with E-state index in [1.807, 2.05) is 0 Å². The SMILES string of the molecule is C#CCn1ccc(COC(=O)[C@H]2[C@@H](C=C(F)C#N)C2(C)C)c1C(F)(F)F. The van der Waals surface area contributed by atoms with Crippen molar-refractivity contribution in [1.29, 1.82) is 5.26 Å². The van der Waals surface area contributed by atoms with Gasteiger partial charge in [0.2, 0.25) is 0 Å². The molecule has 138 valence electrons. The first kappa shape index (κ1) is 19.6. The summed E-state index contributed by atoms with van der Waals surface area (Å²) < 4.78 is 58.7. The molecule has 1 saturated carbocycles. The number of allylic oxidation sites excluding steroid dienone is 2. The van der Waals surface area contributed by atoms with Gasteiger partial charge < -0.3 is 9.30 Å². The average Bonchev–Trinajstić information content (AvgIpc) is 2.89. The third-order valence-corrected chi connectivity index (χ3v) is 4.54. The highest BCUT2D eigenvalue weighted by Gasteiger charge is 2.61. The van der Waals surface area contributed by atoms with Crippen LogP contribution in [0.3, 0.4) is 0 Å². The van der Waals surface area contributed by atoms with E-state index in [1.165, 1.54) is 18.3 Å². The molecule has 1 heterocycles. The summed E-state index contributed by atoms with van der Waals surface area (Å²) in [5.74, 6) is -0.874. The van der Waals surface area contributed by atoms with Crippen LogP contribution in [0.4, 0.5) is 17.6 Å². The fourth-order valence-electron chi connectivity index (χ4n) is 3.08. The minimum absolute atomic E-state index is 0.213. The molecule has 1 aliphatic carbocycles. The van der Waals surface area contributed by atoms with Crippen LogP contribution in [0.25, 0.3) is 0 Å². The van der Waals surface area contributed by atoms with Gasteiger partial charge in [0.25, 0.3) is 0 Å². The molecule has 1 aromatic heterocycles. The highest BCUT2D eigenvalue weighted by atomic mass is 19.4. The van der Waals surface area contributed by atoms with Crippen LogP contribution in [0, 0.1) is 40.9 Å². The first-order valence-corrected chi connectivity index (χ1v) is 7.66. The number of alkyl halides is 3. The second-order valence-electron chi connectivity index (χ2n) is 6.58. The fraction of sp³-hybridized carbons (Fsp3) is 0.444. The van der Waals surface area contributed by atoms with Gasteiger partial charge in [-0.1, -0.05) is 19.8 Å². The van der Waals surface area contributed by atoms with E-state index in [0.29, 0.717) is 0 Å². The Hall–Kier alpha value is -2.74. The summed E-state index contributed by atoms with van der Waals surface area (Å²) in [5, 5.41) is 8.48. The molecule has 2 atom stereocenters. The largest absolute Gasteiger partial charge is 0.460 e. The van der Waals surface area contributed by atoms with E-state index in [-0.39, 0.29) is 12.1 Å². The van der Waals surface area contributed by atoms with Gasteiger partial charge in [0, 0.05) is 17.7 Å². The monoisotopic (exact) mass is 368 g/mol. The Bertz CT molecular complexity index is 822. The van der Waals surface area contributed by atoms with Gasteiger partial charge in [-0.3, -0.25) is 4.79 Å². The molecule has 4 nitrogen and oxygen atoms in total. The van der Waals surface area contributed by atoms with Crippen molar-refractivity contribution in [2.45, 2.75) is 33.2 Å². The Labute approximate surface area is 148 Å². The number of nitriles is 1. The van der Waals surface area contributed by atoms with E-state index >= 15 is 0 Å². The number of hydrogen-bond donors (Lipinski definition) is 0. The number of carbonyl (C=O) groups excluding carboxylic acids is 1. The van der Waals surface area contributed by atoms with Gasteiger partial charge in [-0.25, -0.2) is 0 Å². The standard InChI is InChI=1S/C18H16F4N2O2/c1-4-6-24-7-5-11(15(24)18(20,21)22)10-26-16(25)14-13(17(14,2)3)8-12(19)9-23/h1,5,7-8,13-14H,6,10H2,2-3H3/t13-,14-/m1/s1. The maximum atomic E-state index is 13.2. The average molecular weight is 368 g/mol. The number of halogens is 4. The maximum absolute atomic E-state index is 13.2. The van der Waals surface area contributed by atoms with Crippen LogP contribution in [0.5, 0.6) is 0 Å². The number of terminal acetylenes is 1. The summed E-state index contributed by atoms with van der Waals surface area (Å²) in [5.41, 5.74) is -1.81. The molecular formula is C18H16F4N2O2. The normalized spacial score (nSPS) is 21.6. The van der Waals surface area contributed by atoms with Crippen molar-refractivity contribution in [3.63, 3.8) is 0 Å². The minimum Gasteiger partial charge on any atom is -0.460 e. The molecule has 2 rings (SSSR count). The van der Waals surface area contributed by atoms with Gasteiger partial charge in [-0.2, -0.15) is 22.8 Å². The molecule has 0 N–H and O–H groups in total. The molecule has 1 fully saturated rings. The van der Waals surface area contributed by atoms with E-state index in [9.17, 15) is 22.4 Å². The Morgan fingerprint density at radius 2 is 2.15 bits per heavy atom. The first-order valence-electron chi connectivity index (χ1n) is 7.66. The molecule has 0 spiro atoms. The molecular weight excluding hydrogens is 352 g/mol. The van der Waals surface area contributed by atoms with Crippen molar-refractivity contribution in [3.8, 4) is 18.4 Å².